The van der Waals surface area contributed by atoms with Crippen molar-refractivity contribution in [1.82, 2.24) is 4.98 Å². The first-order chi connectivity index (χ1) is 13.6. The van der Waals surface area contributed by atoms with Crippen molar-refractivity contribution in [3.05, 3.63) is 84.2 Å². The van der Waals surface area contributed by atoms with Gasteiger partial charge in [0.1, 0.15) is 5.69 Å². The van der Waals surface area contributed by atoms with E-state index in [1.54, 1.807) is 36.5 Å². The van der Waals surface area contributed by atoms with Gasteiger partial charge < -0.3 is 16.0 Å². The summed E-state index contributed by atoms with van der Waals surface area (Å²) in [5, 5.41) is 8.80. The number of pyridine rings is 1. The molecule has 28 heavy (non-hydrogen) atoms. The van der Waals surface area contributed by atoms with E-state index in [1.807, 2.05) is 24.3 Å². The molecule has 6 heteroatoms. The summed E-state index contributed by atoms with van der Waals surface area (Å²) in [5.41, 5.74) is 3.61. The van der Waals surface area contributed by atoms with E-state index in [1.165, 1.54) is 12.5 Å². The Morgan fingerprint density at radius 1 is 0.857 bits per heavy atom. The van der Waals surface area contributed by atoms with Crippen LogP contribution >= 0.6 is 0 Å². The van der Waals surface area contributed by atoms with Crippen LogP contribution in [0.4, 0.5) is 17.1 Å². The summed E-state index contributed by atoms with van der Waals surface area (Å²) in [5.74, 6) is -0.480. The van der Waals surface area contributed by atoms with Crippen LogP contribution in [0.3, 0.4) is 0 Å². The summed E-state index contributed by atoms with van der Waals surface area (Å²) in [6, 6.07) is 20.7. The average Bonchev–Trinajstić information content (AvgIpc) is 2.69. The van der Waals surface area contributed by atoms with Gasteiger partial charge in [-0.25, -0.2) is 0 Å². The smallest absolute Gasteiger partial charge is 0.274 e. The highest BCUT2D eigenvalue weighted by atomic mass is 16.2. The Hall–Kier alpha value is -3.67. The predicted molar refractivity (Wildman–Crippen MR) is 112 cm³/mol. The molecular formula is C22H22N4O2. The fraction of sp³-hybridized carbons (Fsp3) is 0.136. The molecule has 3 N–H and O–H groups in total. The number of nitrogens with one attached hydrogen (secondary N) is 3. The van der Waals surface area contributed by atoms with Gasteiger partial charge in [-0.2, -0.15) is 0 Å². The van der Waals surface area contributed by atoms with Crippen molar-refractivity contribution in [2.45, 2.75) is 13.3 Å². The van der Waals surface area contributed by atoms with Gasteiger partial charge in [-0.05, 0) is 42.3 Å². The Morgan fingerprint density at radius 3 is 2.36 bits per heavy atom. The molecule has 0 spiro atoms. The average molecular weight is 374 g/mol. The number of hydrogen-bond donors (Lipinski definition) is 3. The lowest BCUT2D eigenvalue weighted by molar-refractivity contribution is -0.114. The second-order valence-electron chi connectivity index (χ2n) is 6.31. The second kappa shape index (κ2) is 9.32. The van der Waals surface area contributed by atoms with Crippen molar-refractivity contribution in [2.75, 3.05) is 22.5 Å². The maximum absolute atomic E-state index is 12.5. The Kier molecular flexibility index (Phi) is 6.36. The lowest BCUT2D eigenvalue weighted by Crippen LogP contribution is -2.15. The van der Waals surface area contributed by atoms with E-state index in [2.05, 4.69) is 33.1 Å². The molecule has 2 amide bonds. The lowest BCUT2D eigenvalue weighted by atomic mass is 10.1. The first kappa shape index (κ1) is 19.1. The van der Waals surface area contributed by atoms with Crippen LogP contribution in [0.5, 0.6) is 0 Å². The lowest BCUT2D eigenvalue weighted by Gasteiger charge is -2.10. The number of amides is 2. The summed E-state index contributed by atoms with van der Waals surface area (Å²) < 4.78 is 0. The molecule has 1 aromatic heterocycles. The van der Waals surface area contributed by atoms with Gasteiger partial charge in [0.2, 0.25) is 5.91 Å². The number of carbonyl (C=O) groups is 2. The summed E-state index contributed by atoms with van der Waals surface area (Å²) in [4.78, 5) is 27.8. The molecule has 0 fully saturated rings. The number of benzene rings is 2. The van der Waals surface area contributed by atoms with Crippen LogP contribution in [-0.4, -0.2) is 23.3 Å². The molecule has 0 radical (unpaired) electrons. The van der Waals surface area contributed by atoms with E-state index in [-0.39, 0.29) is 11.8 Å². The summed E-state index contributed by atoms with van der Waals surface area (Å²) >= 11 is 0. The van der Waals surface area contributed by atoms with Crippen LogP contribution < -0.4 is 16.0 Å². The van der Waals surface area contributed by atoms with E-state index >= 15 is 0 Å². The summed E-state index contributed by atoms with van der Waals surface area (Å²) in [7, 11) is 0. The molecule has 6 nitrogen and oxygen atoms in total. The largest absolute Gasteiger partial charge is 0.385 e. The minimum Gasteiger partial charge on any atom is -0.385 e. The van der Waals surface area contributed by atoms with Gasteiger partial charge >= 0.3 is 0 Å². The van der Waals surface area contributed by atoms with Crippen molar-refractivity contribution < 1.29 is 9.59 Å². The van der Waals surface area contributed by atoms with Crippen LogP contribution in [0.25, 0.3) is 0 Å². The molecule has 0 saturated carbocycles. The molecule has 3 aromatic rings. The molecule has 0 saturated heterocycles. The van der Waals surface area contributed by atoms with E-state index in [0.29, 0.717) is 17.1 Å². The van der Waals surface area contributed by atoms with Crippen LogP contribution in [0.2, 0.25) is 0 Å². The van der Waals surface area contributed by atoms with Gasteiger partial charge in [0, 0.05) is 36.7 Å². The standard InChI is InChI=1S/C22H22N4O2/c1-16(27)25-19-8-5-9-20(14-19)26-22(28)21-15-18(11-13-24-21)23-12-10-17-6-3-2-4-7-17/h2-9,11,13-15H,10,12H2,1H3,(H,23,24)(H,25,27)(H,26,28). The van der Waals surface area contributed by atoms with E-state index in [9.17, 15) is 9.59 Å². The predicted octanol–water partition coefficient (Wildman–Crippen LogP) is 3.95. The second-order valence-corrected chi connectivity index (χ2v) is 6.31. The third-order valence-corrected chi connectivity index (χ3v) is 4.02. The number of anilines is 3. The third kappa shape index (κ3) is 5.67. The van der Waals surface area contributed by atoms with Crippen LogP contribution in [0.15, 0.2) is 72.9 Å². The van der Waals surface area contributed by atoms with Crippen LogP contribution in [-0.2, 0) is 11.2 Å². The molecule has 3 rings (SSSR count). The summed E-state index contributed by atoms with van der Waals surface area (Å²) in [6.07, 6.45) is 2.49. The number of hydrogen-bond acceptors (Lipinski definition) is 4. The Bertz CT molecular complexity index is 958. The van der Waals surface area contributed by atoms with Crippen molar-refractivity contribution >= 4 is 28.9 Å². The molecule has 0 unspecified atom stereocenters. The fourth-order valence-corrected chi connectivity index (χ4v) is 2.73. The van der Waals surface area contributed by atoms with E-state index in [0.717, 1.165) is 18.7 Å². The Balaban J connectivity index is 1.60. The summed E-state index contributed by atoms with van der Waals surface area (Å²) in [6.45, 7) is 2.19. The quantitative estimate of drug-likeness (QED) is 0.585. The number of nitrogens with zero attached hydrogens (tertiary/aromatic N) is 1. The topological polar surface area (TPSA) is 83.1 Å². The molecule has 2 aromatic carbocycles. The molecule has 0 atom stereocenters. The first-order valence-electron chi connectivity index (χ1n) is 9.03. The highest BCUT2D eigenvalue weighted by Crippen LogP contribution is 2.16. The van der Waals surface area contributed by atoms with E-state index in [4.69, 9.17) is 0 Å². The minimum atomic E-state index is -0.313. The Morgan fingerprint density at radius 2 is 1.61 bits per heavy atom. The molecule has 142 valence electrons. The molecule has 1 heterocycles. The van der Waals surface area contributed by atoms with Crippen molar-refractivity contribution in [3.63, 3.8) is 0 Å². The number of aromatic nitrogens is 1. The third-order valence-electron chi connectivity index (χ3n) is 4.02. The molecule has 0 bridgehead atoms. The van der Waals surface area contributed by atoms with Gasteiger partial charge in [0.05, 0.1) is 0 Å². The maximum atomic E-state index is 12.5. The molecular weight excluding hydrogens is 352 g/mol. The van der Waals surface area contributed by atoms with E-state index < -0.39 is 0 Å². The molecule has 0 aliphatic rings. The molecule has 0 aliphatic heterocycles. The van der Waals surface area contributed by atoms with Gasteiger partial charge in [-0.15, -0.1) is 0 Å². The highest BCUT2D eigenvalue weighted by molar-refractivity contribution is 6.03. The van der Waals surface area contributed by atoms with Gasteiger partial charge in [-0.3, -0.25) is 14.6 Å². The van der Waals surface area contributed by atoms with Crippen LogP contribution in [0.1, 0.15) is 23.0 Å². The monoisotopic (exact) mass is 374 g/mol. The Labute approximate surface area is 164 Å². The first-order valence-corrected chi connectivity index (χ1v) is 9.03. The van der Waals surface area contributed by atoms with Crippen molar-refractivity contribution in [2.24, 2.45) is 0 Å². The minimum absolute atomic E-state index is 0.167. The maximum Gasteiger partial charge on any atom is 0.274 e. The molecule has 0 aliphatic carbocycles. The zero-order chi connectivity index (χ0) is 19.8. The van der Waals surface area contributed by atoms with Gasteiger partial charge in [0.25, 0.3) is 5.91 Å². The number of rotatable bonds is 7. The SMILES string of the molecule is CC(=O)Nc1cccc(NC(=O)c2cc(NCCc3ccccc3)ccn2)c1. The van der Waals surface area contributed by atoms with Gasteiger partial charge in [-0.1, -0.05) is 36.4 Å². The fourth-order valence-electron chi connectivity index (χ4n) is 2.73. The zero-order valence-corrected chi connectivity index (χ0v) is 15.6. The zero-order valence-electron chi connectivity index (χ0n) is 15.6. The van der Waals surface area contributed by atoms with Crippen LogP contribution in [0, 0.1) is 0 Å². The van der Waals surface area contributed by atoms with Gasteiger partial charge in [0.15, 0.2) is 0 Å². The van der Waals surface area contributed by atoms with Crippen molar-refractivity contribution in [3.8, 4) is 0 Å². The number of carbonyl (C=O) groups excluding carboxylic acids is 2. The highest BCUT2D eigenvalue weighted by Gasteiger charge is 2.09. The van der Waals surface area contributed by atoms with Crippen molar-refractivity contribution in [1.29, 1.82) is 0 Å². The normalized spacial score (nSPS) is 10.2.